The van der Waals surface area contributed by atoms with E-state index in [0.29, 0.717) is 5.56 Å². The Kier molecular flexibility index (Phi) is 7.17. The average Bonchev–Trinajstić information content (AvgIpc) is 2.49. The fourth-order valence-electron chi connectivity index (χ4n) is 1.69. The lowest BCUT2D eigenvalue weighted by atomic mass is 10.2. The first kappa shape index (κ1) is 16.0. The van der Waals surface area contributed by atoms with Crippen molar-refractivity contribution in [1.82, 2.24) is 5.32 Å². The Morgan fingerprint density at radius 2 is 1.85 bits per heavy atom. The van der Waals surface area contributed by atoms with Crippen LogP contribution in [0.25, 0.3) is 0 Å². The molecule has 0 unspecified atom stereocenters. The van der Waals surface area contributed by atoms with Crippen LogP contribution in [0.1, 0.15) is 36.5 Å². The van der Waals surface area contributed by atoms with Crippen LogP contribution in [-0.4, -0.2) is 32.1 Å². The summed E-state index contributed by atoms with van der Waals surface area (Å²) in [7, 11) is 1.34. The largest absolute Gasteiger partial charge is 0.465 e. The van der Waals surface area contributed by atoms with E-state index in [-0.39, 0.29) is 18.4 Å². The normalized spacial score (nSPS) is 9.90. The van der Waals surface area contributed by atoms with E-state index in [2.05, 4.69) is 22.3 Å². The number of nitrogens with one attached hydrogen (secondary N) is 2. The summed E-state index contributed by atoms with van der Waals surface area (Å²) in [4.78, 5) is 22.8. The molecule has 5 heteroatoms. The van der Waals surface area contributed by atoms with Crippen molar-refractivity contribution in [2.24, 2.45) is 0 Å². The van der Waals surface area contributed by atoms with Crippen LogP contribution in [0.4, 0.5) is 5.69 Å². The van der Waals surface area contributed by atoms with E-state index in [9.17, 15) is 9.59 Å². The second-order valence-corrected chi connectivity index (χ2v) is 4.48. The third-order valence-electron chi connectivity index (χ3n) is 2.86. The number of hydrogen-bond donors (Lipinski definition) is 2. The van der Waals surface area contributed by atoms with E-state index in [1.165, 1.54) is 7.11 Å². The van der Waals surface area contributed by atoms with E-state index >= 15 is 0 Å². The Morgan fingerprint density at radius 1 is 1.15 bits per heavy atom. The summed E-state index contributed by atoms with van der Waals surface area (Å²) in [6.07, 6.45) is 3.28. The van der Waals surface area contributed by atoms with Gasteiger partial charge in [0, 0.05) is 12.2 Å². The van der Waals surface area contributed by atoms with Crippen molar-refractivity contribution in [2.45, 2.75) is 26.2 Å². The van der Waals surface area contributed by atoms with Gasteiger partial charge in [-0.05, 0) is 30.7 Å². The third kappa shape index (κ3) is 5.73. The molecule has 0 aliphatic heterocycles. The molecular formula is C15H22N2O3. The number of anilines is 1. The van der Waals surface area contributed by atoms with Gasteiger partial charge in [0.2, 0.25) is 5.91 Å². The molecule has 0 atom stereocenters. The summed E-state index contributed by atoms with van der Waals surface area (Å²) < 4.78 is 4.61. The lowest BCUT2D eigenvalue weighted by Gasteiger charge is -2.08. The number of hydrogen-bond acceptors (Lipinski definition) is 4. The first-order valence-corrected chi connectivity index (χ1v) is 6.86. The predicted octanol–water partition coefficient (Wildman–Crippen LogP) is 2.19. The Balaban J connectivity index is 2.31. The number of esters is 1. The highest BCUT2D eigenvalue weighted by Gasteiger charge is 2.05. The number of rotatable bonds is 8. The molecule has 1 aromatic carbocycles. The maximum Gasteiger partial charge on any atom is 0.337 e. The Morgan fingerprint density at radius 3 is 2.45 bits per heavy atom. The topological polar surface area (TPSA) is 67.4 Å². The molecule has 2 N–H and O–H groups in total. The fraction of sp³-hybridized carbons (Fsp3) is 0.467. The van der Waals surface area contributed by atoms with Crippen LogP contribution in [-0.2, 0) is 9.53 Å². The SMILES string of the molecule is CCCCCNC(=O)CNc1ccc(C(=O)OC)cc1. The summed E-state index contributed by atoms with van der Waals surface area (Å²) >= 11 is 0. The molecule has 110 valence electrons. The molecule has 0 bridgehead atoms. The van der Waals surface area contributed by atoms with E-state index in [0.717, 1.165) is 31.5 Å². The standard InChI is InChI=1S/C15H22N2O3/c1-3-4-5-10-16-14(18)11-17-13-8-6-12(7-9-13)15(19)20-2/h6-9,17H,3-5,10-11H2,1-2H3,(H,16,18). The third-order valence-corrected chi connectivity index (χ3v) is 2.86. The lowest BCUT2D eigenvalue weighted by molar-refractivity contribution is -0.119. The maximum atomic E-state index is 11.6. The smallest absolute Gasteiger partial charge is 0.337 e. The molecule has 0 fully saturated rings. The van der Waals surface area contributed by atoms with E-state index in [1.807, 2.05) is 0 Å². The molecule has 0 aromatic heterocycles. The molecule has 1 amide bonds. The predicted molar refractivity (Wildman–Crippen MR) is 78.8 cm³/mol. The zero-order chi connectivity index (χ0) is 14.8. The van der Waals surface area contributed by atoms with Crippen molar-refractivity contribution in [1.29, 1.82) is 0 Å². The van der Waals surface area contributed by atoms with Gasteiger partial charge in [-0.15, -0.1) is 0 Å². The first-order chi connectivity index (χ1) is 9.67. The monoisotopic (exact) mass is 278 g/mol. The molecule has 0 aliphatic carbocycles. The van der Waals surface area contributed by atoms with Gasteiger partial charge in [0.1, 0.15) is 0 Å². The van der Waals surface area contributed by atoms with Crippen LogP contribution < -0.4 is 10.6 Å². The van der Waals surface area contributed by atoms with Crippen LogP contribution in [0.2, 0.25) is 0 Å². The molecule has 5 nitrogen and oxygen atoms in total. The van der Waals surface area contributed by atoms with Crippen molar-refractivity contribution in [2.75, 3.05) is 25.5 Å². The van der Waals surface area contributed by atoms with E-state index < -0.39 is 0 Å². The summed E-state index contributed by atoms with van der Waals surface area (Å²) in [6, 6.07) is 6.81. The minimum absolute atomic E-state index is 0.0295. The molecule has 1 rings (SSSR count). The van der Waals surface area contributed by atoms with Gasteiger partial charge < -0.3 is 15.4 Å². The summed E-state index contributed by atoms with van der Waals surface area (Å²) in [5.41, 5.74) is 1.28. The summed E-state index contributed by atoms with van der Waals surface area (Å²) in [6.45, 7) is 3.07. The number of ether oxygens (including phenoxy) is 1. The van der Waals surface area contributed by atoms with Gasteiger partial charge in [-0.2, -0.15) is 0 Å². The number of carbonyl (C=O) groups excluding carboxylic acids is 2. The average molecular weight is 278 g/mol. The Hall–Kier alpha value is -2.04. The highest BCUT2D eigenvalue weighted by atomic mass is 16.5. The van der Waals surface area contributed by atoms with Crippen LogP contribution in [0.3, 0.4) is 0 Å². The minimum Gasteiger partial charge on any atom is -0.465 e. The number of carbonyl (C=O) groups is 2. The second-order valence-electron chi connectivity index (χ2n) is 4.48. The Labute approximate surface area is 119 Å². The van der Waals surface area contributed by atoms with Gasteiger partial charge in [-0.25, -0.2) is 4.79 Å². The van der Waals surface area contributed by atoms with E-state index in [1.54, 1.807) is 24.3 Å². The van der Waals surface area contributed by atoms with Gasteiger partial charge >= 0.3 is 5.97 Å². The van der Waals surface area contributed by atoms with Gasteiger partial charge in [0.25, 0.3) is 0 Å². The van der Waals surface area contributed by atoms with Crippen LogP contribution in [0, 0.1) is 0 Å². The van der Waals surface area contributed by atoms with Crippen LogP contribution in [0.15, 0.2) is 24.3 Å². The second kappa shape index (κ2) is 8.96. The highest BCUT2D eigenvalue weighted by molar-refractivity contribution is 5.89. The van der Waals surface area contributed by atoms with Crippen LogP contribution >= 0.6 is 0 Å². The fourth-order valence-corrected chi connectivity index (χ4v) is 1.69. The molecular weight excluding hydrogens is 256 g/mol. The zero-order valence-corrected chi connectivity index (χ0v) is 12.1. The van der Waals surface area contributed by atoms with Gasteiger partial charge in [-0.3, -0.25) is 4.79 Å². The quantitative estimate of drug-likeness (QED) is 0.565. The first-order valence-electron chi connectivity index (χ1n) is 6.86. The maximum absolute atomic E-state index is 11.6. The number of methoxy groups -OCH3 is 1. The van der Waals surface area contributed by atoms with E-state index in [4.69, 9.17) is 0 Å². The minimum atomic E-state index is -0.370. The van der Waals surface area contributed by atoms with Gasteiger partial charge in [0.05, 0.1) is 19.2 Å². The highest BCUT2D eigenvalue weighted by Crippen LogP contribution is 2.09. The van der Waals surface area contributed by atoms with Crippen molar-refractivity contribution < 1.29 is 14.3 Å². The molecule has 20 heavy (non-hydrogen) atoms. The molecule has 0 aliphatic rings. The van der Waals surface area contributed by atoms with Gasteiger partial charge in [-0.1, -0.05) is 19.8 Å². The number of benzene rings is 1. The van der Waals surface area contributed by atoms with Crippen LogP contribution in [0.5, 0.6) is 0 Å². The molecule has 0 saturated carbocycles. The molecule has 1 aromatic rings. The summed E-state index contributed by atoms with van der Waals surface area (Å²) in [5, 5.41) is 5.86. The molecule has 0 heterocycles. The zero-order valence-electron chi connectivity index (χ0n) is 12.1. The number of unbranched alkanes of at least 4 members (excludes halogenated alkanes) is 2. The molecule has 0 saturated heterocycles. The lowest BCUT2D eigenvalue weighted by Crippen LogP contribution is -2.30. The van der Waals surface area contributed by atoms with Crippen molar-refractivity contribution in [3.63, 3.8) is 0 Å². The van der Waals surface area contributed by atoms with Gasteiger partial charge in [0.15, 0.2) is 0 Å². The van der Waals surface area contributed by atoms with Crippen molar-refractivity contribution in [3.8, 4) is 0 Å². The molecule has 0 spiro atoms. The molecule has 0 radical (unpaired) electrons. The van der Waals surface area contributed by atoms with Crippen molar-refractivity contribution >= 4 is 17.6 Å². The van der Waals surface area contributed by atoms with Crippen molar-refractivity contribution in [3.05, 3.63) is 29.8 Å². The number of amides is 1. The summed E-state index contributed by atoms with van der Waals surface area (Å²) in [5.74, 6) is -0.400. The Bertz CT molecular complexity index is 429.